The van der Waals surface area contributed by atoms with Crippen LogP contribution in [0.15, 0.2) is 73.3 Å². The maximum absolute atomic E-state index is 13.0. The van der Waals surface area contributed by atoms with E-state index in [4.69, 9.17) is 9.47 Å². The van der Waals surface area contributed by atoms with Crippen LogP contribution in [0.1, 0.15) is 73.1 Å². The molecule has 0 radical (unpaired) electrons. The zero-order valence-corrected chi connectivity index (χ0v) is 29.3. The fraction of sp³-hybridized carbons (Fsp3) is 0.412. The highest BCUT2D eigenvalue weighted by Crippen LogP contribution is 2.38. The highest BCUT2D eigenvalue weighted by atomic mass is 32.2. The molecule has 2 fully saturated rings. The number of benzene rings is 2. The Kier molecular flexibility index (Phi) is 12.4. The van der Waals surface area contributed by atoms with Crippen LogP contribution in [-0.4, -0.2) is 61.5 Å². The Morgan fingerprint density at radius 3 is 1.26 bits per heavy atom. The molecule has 4 atom stereocenters. The Morgan fingerprint density at radius 2 is 0.940 bits per heavy atom. The van der Waals surface area contributed by atoms with E-state index >= 15 is 0 Å². The number of methoxy groups -OCH3 is 2. The normalized spacial score (nSPS) is 20.6. The molecule has 268 valence electrons. The van der Waals surface area contributed by atoms with Crippen molar-refractivity contribution in [2.75, 3.05) is 14.2 Å². The third-order valence-electron chi connectivity index (χ3n) is 8.92. The summed E-state index contributed by atoms with van der Waals surface area (Å²) in [4.78, 5) is 15.9. The van der Waals surface area contributed by atoms with Crippen molar-refractivity contribution in [3.63, 3.8) is 0 Å². The number of sulfonamides is 2. The summed E-state index contributed by atoms with van der Waals surface area (Å²) in [6.45, 7) is 0.416. The molecule has 4 aromatic rings. The van der Waals surface area contributed by atoms with Crippen LogP contribution in [0.4, 0.5) is 8.78 Å². The van der Waals surface area contributed by atoms with Gasteiger partial charge in [-0.15, -0.1) is 0 Å². The van der Waals surface area contributed by atoms with Crippen LogP contribution in [0.5, 0.6) is 11.5 Å². The summed E-state index contributed by atoms with van der Waals surface area (Å²) < 4.78 is 92.4. The Labute approximate surface area is 291 Å². The van der Waals surface area contributed by atoms with E-state index < -0.39 is 42.2 Å². The third kappa shape index (κ3) is 9.56. The summed E-state index contributed by atoms with van der Waals surface area (Å²) in [5.41, 5.74) is 1.69. The van der Waals surface area contributed by atoms with Gasteiger partial charge in [0.25, 0.3) is 0 Å². The van der Waals surface area contributed by atoms with Crippen LogP contribution < -0.4 is 18.9 Å². The molecule has 6 rings (SSSR count). The number of nitrogens with zero attached hydrogens (tertiary/aromatic N) is 4. The van der Waals surface area contributed by atoms with Crippen LogP contribution in [-0.2, 0) is 33.1 Å². The molecule has 0 unspecified atom stereocenters. The van der Waals surface area contributed by atoms with Gasteiger partial charge in [-0.25, -0.2) is 55.0 Å². The van der Waals surface area contributed by atoms with Crippen LogP contribution in [0, 0.1) is 11.6 Å². The number of rotatable bonds is 12. The van der Waals surface area contributed by atoms with E-state index in [1.807, 2.05) is 24.3 Å². The van der Waals surface area contributed by atoms with Gasteiger partial charge in [-0.2, -0.15) is 0 Å². The minimum Gasteiger partial charge on any atom is -0.497 e. The SMILES string of the molecule is COc1ccc(CNS(=O)(=O)[C@@H]2CCC[C@H]2c2ncc(F)cn2)cc1.COc1ccc(CNS(=O)(=O)[C@H]2CCC[C@@H]2c2ncc(F)cn2)cc1. The van der Waals surface area contributed by atoms with Gasteiger partial charge in [0.05, 0.1) is 49.5 Å². The van der Waals surface area contributed by atoms with E-state index in [0.29, 0.717) is 37.3 Å². The van der Waals surface area contributed by atoms with Gasteiger partial charge < -0.3 is 9.47 Å². The molecule has 2 aliphatic rings. The van der Waals surface area contributed by atoms with Crippen molar-refractivity contribution >= 4 is 20.0 Å². The molecule has 2 aromatic carbocycles. The van der Waals surface area contributed by atoms with Crippen molar-refractivity contribution < 1.29 is 35.1 Å². The average molecular weight is 731 g/mol. The predicted octanol–water partition coefficient (Wildman–Crippen LogP) is 4.76. The minimum absolute atomic E-state index is 0.208. The van der Waals surface area contributed by atoms with Crippen molar-refractivity contribution in [1.29, 1.82) is 0 Å². The Hall–Kier alpha value is -4.12. The third-order valence-corrected chi connectivity index (χ3v) is 12.7. The minimum atomic E-state index is -3.54. The van der Waals surface area contributed by atoms with Crippen molar-refractivity contribution in [1.82, 2.24) is 29.4 Å². The first-order chi connectivity index (χ1) is 24.0. The summed E-state index contributed by atoms with van der Waals surface area (Å²) >= 11 is 0. The summed E-state index contributed by atoms with van der Waals surface area (Å²) in [6.07, 6.45) is 8.32. The standard InChI is InChI=1S/2C17H20FN3O3S/c2*1-24-14-7-5-12(6-8-14)9-21-25(22,23)16-4-2-3-15(16)17-19-10-13(18)11-20-17/h2*5-8,10-11,15-16,21H,2-4,9H2,1H3/t2*15-,16-/m10/s1. The molecule has 16 heteroatoms. The Bertz CT molecular complexity index is 1760. The zero-order chi connectivity index (χ0) is 35.7. The fourth-order valence-electron chi connectivity index (χ4n) is 6.28. The van der Waals surface area contributed by atoms with E-state index in [-0.39, 0.29) is 24.9 Å². The van der Waals surface area contributed by atoms with Crippen molar-refractivity contribution in [2.45, 2.75) is 74.0 Å². The number of halogens is 2. The lowest BCUT2D eigenvalue weighted by atomic mass is 10.1. The van der Waals surface area contributed by atoms with E-state index in [1.54, 1.807) is 38.5 Å². The van der Waals surface area contributed by atoms with Gasteiger partial charge in [0.2, 0.25) is 20.0 Å². The zero-order valence-electron chi connectivity index (χ0n) is 27.7. The molecule has 2 heterocycles. The summed E-state index contributed by atoms with van der Waals surface area (Å²) in [5.74, 6) is 0.532. The van der Waals surface area contributed by atoms with Crippen molar-refractivity contribution in [3.05, 3.63) is 108 Å². The van der Waals surface area contributed by atoms with Gasteiger partial charge in [0.1, 0.15) is 23.1 Å². The summed E-state index contributed by atoms with van der Waals surface area (Å²) in [6, 6.07) is 14.4. The maximum Gasteiger partial charge on any atom is 0.215 e. The molecule has 0 aliphatic heterocycles. The monoisotopic (exact) mass is 730 g/mol. The molecule has 0 amide bonds. The van der Waals surface area contributed by atoms with Gasteiger partial charge in [-0.05, 0) is 61.1 Å². The van der Waals surface area contributed by atoms with Crippen molar-refractivity contribution in [3.8, 4) is 11.5 Å². The molecule has 2 saturated carbocycles. The second-order valence-corrected chi connectivity index (χ2v) is 16.1. The maximum atomic E-state index is 13.0. The van der Waals surface area contributed by atoms with Crippen molar-refractivity contribution in [2.24, 2.45) is 0 Å². The van der Waals surface area contributed by atoms with E-state index in [1.165, 1.54) is 0 Å². The van der Waals surface area contributed by atoms with Gasteiger partial charge in [-0.1, -0.05) is 37.1 Å². The number of hydrogen-bond donors (Lipinski definition) is 2. The molecule has 0 bridgehead atoms. The van der Waals surface area contributed by atoms with Gasteiger partial charge in [0, 0.05) is 24.9 Å². The quantitative estimate of drug-likeness (QED) is 0.208. The first-order valence-corrected chi connectivity index (χ1v) is 19.3. The van der Waals surface area contributed by atoms with Crippen LogP contribution in [0.3, 0.4) is 0 Å². The summed E-state index contributed by atoms with van der Waals surface area (Å²) in [7, 11) is -3.91. The van der Waals surface area contributed by atoms with Crippen LogP contribution >= 0.6 is 0 Å². The number of aromatic nitrogens is 4. The number of ether oxygens (including phenoxy) is 2. The van der Waals surface area contributed by atoms with Crippen LogP contribution in [0.2, 0.25) is 0 Å². The highest BCUT2D eigenvalue weighted by Gasteiger charge is 2.40. The number of hydrogen-bond acceptors (Lipinski definition) is 10. The van der Waals surface area contributed by atoms with Crippen LogP contribution in [0.25, 0.3) is 0 Å². The summed E-state index contributed by atoms with van der Waals surface area (Å²) in [5, 5.41) is -1.20. The topological polar surface area (TPSA) is 162 Å². The second kappa shape index (κ2) is 16.7. The van der Waals surface area contributed by atoms with E-state index in [0.717, 1.165) is 60.3 Å². The average Bonchev–Trinajstić information content (AvgIpc) is 3.84. The van der Waals surface area contributed by atoms with E-state index in [9.17, 15) is 25.6 Å². The molecule has 0 spiro atoms. The van der Waals surface area contributed by atoms with E-state index in [2.05, 4.69) is 29.4 Å². The smallest absolute Gasteiger partial charge is 0.215 e. The predicted molar refractivity (Wildman–Crippen MR) is 182 cm³/mol. The largest absolute Gasteiger partial charge is 0.497 e. The lowest BCUT2D eigenvalue weighted by Crippen LogP contribution is -2.36. The molecule has 0 saturated heterocycles. The molecule has 2 N–H and O–H groups in total. The van der Waals surface area contributed by atoms with Gasteiger partial charge in [0.15, 0.2) is 11.6 Å². The molecule has 2 aliphatic carbocycles. The highest BCUT2D eigenvalue weighted by molar-refractivity contribution is 7.90. The molecular weight excluding hydrogens is 691 g/mol. The fourth-order valence-corrected chi connectivity index (χ4v) is 9.78. The molecular formula is C34H40F2N6O6S2. The Morgan fingerprint density at radius 1 is 0.600 bits per heavy atom. The second-order valence-electron chi connectivity index (χ2n) is 12.1. The first kappa shape index (κ1) is 37.1. The first-order valence-electron chi connectivity index (χ1n) is 16.2. The van der Waals surface area contributed by atoms with Gasteiger partial charge in [-0.3, -0.25) is 0 Å². The lowest BCUT2D eigenvalue weighted by Gasteiger charge is -2.19. The lowest BCUT2D eigenvalue weighted by molar-refractivity contribution is 0.414. The molecule has 2 aromatic heterocycles. The molecule has 12 nitrogen and oxygen atoms in total. The molecule has 50 heavy (non-hydrogen) atoms. The Balaban J connectivity index is 0.000000194. The van der Waals surface area contributed by atoms with Gasteiger partial charge >= 0.3 is 0 Å². The number of nitrogens with one attached hydrogen (secondary N) is 2.